The van der Waals surface area contributed by atoms with E-state index in [1.54, 1.807) is 7.11 Å². The van der Waals surface area contributed by atoms with E-state index < -0.39 is 0 Å². The maximum atomic E-state index is 5.62. The van der Waals surface area contributed by atoms with Gasteiger partial charge in [-0.1, -0.05) is 13.8 Å². The Balaban J connectivity index is 3.55. The predicted octanol–water partition coefficient (Wildman–Crippen LogP) is 1.43. The van der Waals surface area contributed by atoms with Crippen LogP contribution in [-0.2, 0) is 9.47 Å². The lowest BCUT2D eigenvalue weighted by atomic mass is 10.3. The van der Waals surface area contributed by atoms with Crippen LogP contribution in [0.1, 0.15) is 27.2 Å². The summed E-state index contributed by atoms with van der Waals surface area (Å²) in [5.41, 5.74) is 0. The van der Waals surface area contributed by atoms with Gasteiger partial charge in [0.05, 0.1) is 25.4 Å². The van der Waals surface area contributed by atoms with Crippen molar-refractivity contribution < 1.29 is 9.47 Å². The second-order valence-electron chi connectivity index (χ2n) is 3.26. The fraction of sp³-hybridized carbons (Fsp3) is 1.00. The molecule has 2 atom stereocenters. The van der Waals surface area contributed by atoms with Crippen molar-refractivity contribution in [3.05, 3.63) is 0 Å². The van der Waals surface area contributed by atoms with Crippen LogP contribution in [0.25, 0.3) is 0 Å². The summed E-state index contributed by atoms with van der Waals surface area (Å²) in [4.78, 5) is 0. The molecule has 0 fully saturated rings. The smallest absolute Gasteiger partial charge is 0.0645 e. The van der Waals surface area contributed by atoms with Crippen LogP contribution in [0.2, 0.25) is 0 Å². The van der Waals surface area contributed by atoms with E-state index in [9.17, 15) is 0 Å². The number of rotatable bonds is 8. The van der Waals surface area contributed by atoms with E-state index in [-0.39, 0.29) is 0 Å². The fourth-order valence-electron chi connectivity index (χ4n) is 1.05. The van der Waals surface area contributed by atoms with Crippen LogP contribution in [0.3, 0.4) is 0 Å². The van der Waals surface area contributed by atoms with Gasteiger partial charge in [0.25, 0.3) is 0 Å². The largest absolute Gasteiger partial charge is 0.383 e. The van der Waals surface area contributed by atoms with E-state index in [1.165, 1.54) is 0 Å². The summed E-state index contributed by atoms with van der Waals surface area (Å²) in [5.74, 6) is 0. The van der Waals surface area contributed by atoms with Gasteiger partial charge in [-0.15, -0.1) is 0 Å². The van der Waals surface area contributed by atoms with Crippen LogP contribution in [-0.4, -0.2) is 39.0 Å². The molecule has 0 aliphatic rings. The molecule has 0 saturated carbocycles. The summed E-state index contributed by atoms with van der Waals surface area (Å²) < 4.78 is 10.7. The molecule has 0 aromatic carbocycles. The van der Waals surface area contributed by atoms with Crippen molar-refractivity contribution in [2.45, 2.75) is 39.3 Å². The fourth-order valence-corrected chi connectivity index (χ4v) is 1.05. The van der Waals surface area contributed by atoms with Crippen LogP contribution in [0.5, 0.6) is 0 Å². The van der Waals surface area contributed by atoms with Crippen molar-refractivity contribution in [1.82, 2.24) is 5.32 Å². The molecule has 0 spiro atoms. The van der Waals surface area contributed by atoms with Crippen molar-refractivity contribution in [2.75, 3.05) is 26.9 Å². The summed E-state index contributed by atoms with van der Waals surface area (Å²) in [6.45, 7) is 8.71. The first-order valence-electron chi connectivity index (χ1n) is 5.08. The van der Waals surface area contributed by atoms with Gasteiger partial charge in [-0.2, -0.15) is 0 Å². The Hall–Kier alpha value is -0.120. The zero-order chi connectivity index (χ0) is 10.1. The van der Waals surface area contributed by atoms with Gasteiger partial charge in [0.1, 0.15) is 0 Å². The molecule has 0 aliphatic heterocycles. The van der Waals surface area contributed by atoms with Crippen molar-refractivity contribution in [3.63, 3.8) is 0 Å². The Morgan fingerprint density at radius 3 is 2.38 bits per heavy atom. The molecule has 0 heterocycles. The van der Waals surface area contributed by atoms with Gasteiger partial charge in [0.15, 0.2) is 0 Å². The van der Waals surface area contributed by atoms with Crippen LogP contribution in [0.4, 0.5) is 0 Å². The highest BCUT2D eigenvalue weighted by molar-refractivity contribution is 4.64. The molecule has 0 saturated heterocycles. The lowest BCUT2D eigenvalue weighted by Gasteiger charge is -2.19. The first-order chi connectivity index (χ1) is 6.24. The second-order valence-corrected chi connectivity index (χ2v) is 3.26. The Kier molecular flexibility index (Phi) is 8.40. The topological polar surface area (TPSA) is 30.5 Å². The second kappa shape index (κ2) is 8.48. The van der Waals surface area contributed by atoms with Crippen molar-refractivity contribution in [2.24, 2.45) is 0 Å². The predicted molar refractivity (Wildman–Crippen MR) is 55.0 cm³/mol. The number of methoxy groups -OCH3 is 1. The van der Waals surface area contributed by atoms with Gasteiger partial charge in [-0.25, -0.2) is 0 Å². The van der Waals surface area contributed by atoms with Gasteiger partial charge in [0.2, 0.25) is 0 Å². The monoisotopic (exact) mass is 189 g/mol. The summed E-state index contributed by atoms with van der Waals surface area (Å²) >= 11 is 0. The zero-order valence-electron chi connectivity index (χ0n) is 9.30. The quantitative estimate of drug-likeness (QED) is 0.626. The number of hydrogen-bond donors (Lipinski definition) is 1. The molecule has 3 heteroatoms. The minimum Gasteiger partial charge on any atom is -0.383 e. The highest BCUT2D eigenvalue weighted by Crippen LogP contribution is 1.97. The summed E-state index contributed by atoms with van der Waals surface area (Å²) in [6.07, 6.45) is 1.41. The van der Waals surface area contributed by atoms with Crippen molar-refractivity contribution in [3.8, 4) is 0 Å². The third-order valence-electron chi connectivity index (χ3n) is 2.02. The summed E-state index contributed by atoms with van der Waals surface area (Å²) in [5, 5.41) is 3.31. The van der Waals surface area contributed by atoms with Crippen molar-refractivity contribution >= 4 is 0 Å². The van der Waals surface area contributed by atoms with Crippen LogP contribution in [0, 0.1) is 0 Å². The van der Waals surface area contributed by atoms with Crippen LogP contribution >= 0.6 is 0 Å². The van der Waals surface area contributed by atoms with Crippen LogP contribution in [0.15, 0.2) is 0 Å². The minimum absolute atomic E-state index is 0.323. The van der Waals surface area contributed by atoms with Gasteiger partial charge < -0.3 is 14.8 Å². The SMILES string of the molecule is CCNC(COC)COC(C)CC. The minimum atomic E-state index is 0.323. The molecule has 0 rings (SSSR count). The molecule has 0 aromatic heterocycles. The highest BCUT2D eigenvalue weighted by Gasteiger charge is 2.08. The zero-order valence-corrected chi connectivity index (χ0v) is 9.30. The Labute approximate surface area is 81.8 Å². The molecule has 80 valence electrons. The Bertz CT molecular complexity index is 103. The lowest BCUT2D eigenvalue weighted by Crippen LogP contribution is -2.38. The van der Waals surface area contributed by atoms with Gasteiger partial charge >= 0.3 is 0 Å². The van der Waals surface area contributed by atoms with Crippen molar-refractivity contribution in [1.29, 1.82) is 0 Å². The van der Waals surface area contributed by atoms with E-state index >= 15 is 0 Å². The normalized spacial score (nSPS) is 15.7. The van der Waals surface area contributed by atoms with E-state index in [1.807, 2.05) is 0 Å². The van der Waals surface area contributed by atoms with E-state index in [4.69, 9.17) is 9.47 Å². The van der Waals surface area contributed by atoms with E-state index in [2.05, 4.69) is 26.1 Å². The molecule has 2 unspecified atom stereocenters. The summed E-state index contributed by atoms with van der Waals surface area (Å²) in [7, 11) is 1.72. The van der Waals surface area contributed by atoms with Gasteiger partial charge in [0, 0.05) is 7.11 Å². The highest BCUT2D eigenvalue weighted by atomic mass is 16.5. The molecule has 13 heavy (non-hydrogen) atoms. The van der Waals surface area contributed by atoms with Gasteiger partial charge in [-0.05, 0) is 19.9 Å². The van der Waals surface area contributed by atoms with E-state index in [0.717, 1.165) is 19.6 Å². The molecule has 0 radical (unpaired) electrons. The first-order valence-corrected chi connectivity index (χ1v) is 5.08. The molecular weight excluding hydrogens is 166 g/mol. The maximum Gasteiger partial charge on any atom is 0.0645 e. The standard InChI is InChI=1S/C10H23NO2/c1-5-9(3)13-8-10(7-12-4)11-6-2/h9-11H,5-8H2,1-4H3. The molecule has 3 nitrogen and oxygen atoms in total. The third kappa shape index (κ3) is 6.99. The summed E-state index contributed by atoms with van der Waals surface area (Å²) in [6, 6.07) is 0.323. The third-order valence-corrected chi connectivity index (χ3v) is 2.02. The van der Waals surface area contributed by atoms with Gasteiger partial charge in [-0.3, -0.25) is 0 Å². The molecule has 0 aliphatic carbocycles. The molecule has 0 bridgehead atoms. The number of nitrogens with one attached hydrogen (secondary N) is 1. The number of hydrogen-bond acceptors (Lipinski definition) is 3. The molecular formula is C10H23NO2. The first kappa shape index (κ1) is 12.9. The maximum absolute atomic E-state index is 5.62. The Morgan fingerprint density at radius 2 is 1.92 bits per heavy atom. The van der Waals surface area contributed by atoms with Crippen LogP contribution < -0.4 is 5.32 Å². The molecule has 0 amide bonds. The Morgan fingerprint density at radius 1 is 1.23 bits per heavy atom. The lowest BCUT2D eigenvalue weighted by molar-refractivity contribution is 0.0291. The number of ether oxygens (including phenoxy) is 2. The average Bonchev–Trinajstić information content (AvgIpc) is 2.14. The molecule has 0 aromatic rings. The van der Waals surface area contributed by atoms with E-state index in [0.29, 0.717) is 18.8 Å². The molecule has 1 N–H and O–H groups in total. The average molecular weight is 189 g/mol. The number of likely N-dealkylation sites (N-methyl/N-ethyl adjacent to an activating group) is 1.